The van der Waals surface area contributed by atoms with Crippen molar-refractivity contribution >= 4 is 16.9 Å². The second kappa shape index (κ2) is 4.68. The van der Waals surface area contributed by atoms with E-state index in [0.29, 0.717) is 19.0 Å². The largest absolute Gasteiger partial charge is 0.504 e. The summed E-state index contributed by atoms with van der Waals surface area (Å²) in [6, 6.07) is 1.07. The van der Waals surface area contributed by atoms with E-state index < -0.39 is 22.8 Å². The number of fused-ring (bicyclic) bond motifs is 1. The molecule has 1 aromatic heterocycles. The van der Waals surface area contributed by atoms with Crippen LogP contribution >= 0.6 is 0 Å². The van der Waals surface area contributed by atoms with Gasteiger partial charge < -0.3 is 20.2 Å². The zero-order valence-corrected chi connectivity index (χ0v) is 10.6. The van der Waals surface area contributed by atoms with Crippen molar-refractivity contribution in [1.82, 2.24) is 9.97 Å². The quantitative estimate of drug-likeness (QED) is 0.613. The number of nitrogens with one attached hydrogen (secondary N) is 1. The highest BCUT2D eigenvalue weighted by Crippen LogP contribution is 2.39. The molecule has 0 radical (unpaired) electrons. The van der Waals surface area contributed by atoms with Crippen molar-refractivity contribution in [3.05, 3.63) is 16.4 Å². The average Bonchev–Trinajstić information content (AvgIpc) is 2.39. The van der Waals surface area contributed by atoms with Crippen molar-refractivity contribution in [1.29, 1.82) is 0 Å². The lowest BCUT2D eigenvalue weighted by atomic mass is 10.2. The molecule has 7 nitrogen and oxygen atoms in total. The summed E-state index contributed by atoms with van der Waals surface area (Å²) in [5, 5.41) is 28.7. The number of aromatic hydroxyl groups is 3. The maximum Gasteiger partial charge on any atom is 0.260 e. The number of aromatic amines is 1. The monoisotopic (exact) mass is 265 g/mol. The molecule has 0 unspecified atom stereocenters. The Hall–Kier alpha value is -2.44. The fraction of sp³-hybridized carbons (Fsp3) is 0.333. The van der Waals surface area contributed by atoms with Crippen LogP contribution in [-0.4, -0.2) is 38.4 Å². The summed E-state index contributed by atoms with van der Waals surface area (Å²) in [6.07, 6.45) is 0. The number of H-pyrrole nitrogens is 1. The average molecular weight is 265 g/mol. The van der Waals surface area contributed by atoms with E-state index in [1.165, 1.54) is 0 Å². The molecule has 1 aromatic carbocycles. The van der Waals surface area contributed by atoms with Gasteiger partial charge in [-0.1, -0.05) is 0 Å². The first-order chi connectivity index (χ1) is 8.99. The highest BCUT2D eigenvalue weighted by atomic mass is 16.3. The first-order valence-electron chi connectivity index (χ1n) is 5.92. The molecule has 0 atom stereocenters. The fourth-order valence-electron chi connectivity index (χ4n) is 1.90. The lowest BCUT2D eigenvalue weighted by molar-refractivity contribution is 0.371. The second-order valence-electron chi connectivity index (χ2n) is 4.05. The summed E-state index contributed by atoms with van der Waals surface area (Å²) in [5.74, 6) is -1.54. The molecule has 19 heavy (non-hydrogen) atoms. The van der Waals surface area contributed by atoms with Crippen molar-refractivity contribution in [2.75, 3.05) is 18.0 Å². The summed E-state index contributed by atoms with van der Waals surface area (Å²) in [6.45, 7) is 5.08. The van der Waals surface area contributed by atoms with Gasteiger partial charge in [0.25, 0.3) is 5.56 Å². The van der Waals surface area contributed by atoms with E-state index in [4.69, 9.17) is 0 Å². The summed E-state index contributed by atoms with van der Waals surface area (Å²) >= 11 is 0. The molecule has 4 N–H and O–H groups in total. The van der Waals surface area contributed by atoms with Crippen molar-refractivity contribution in [3.63, 3.8) is 0 Å². The Labute approximate surface area is 108 Å². The topological polar surface area (TPSA) is 110 Å². The van der Waals surface area contributed by atoms with E-state index in [2.05, 4.69) is 9.97 Å². The Morgan fingerprint density at radius 2 is 1.84 bits per heavy atom. The Balaban J connectivity index is 2.79. The van der Waals surface area contributed by atoms with E-state index in [1.807, 2.05) is 13.8 Å². The number of hydrogen-bond acceptors (Lipinski definition) is 6. The van der Waals surface area contributed by atoms with Gasteiger partial charge in [0, 0.05) is 13.1 Å². The number of rotatable bonds is 3. The Bertz CT molecular complexity index is 677. The normalized spacial score (nSPS) is 10.8. The summed E-state index contributed by atoms with van der Waals surface area (Å²) in [4.78, 5) is 20.4. The first kappa shape index (κ1) is 13.0. The Morgan fingerprint density at radius 3 is 2.42 bits per heavy atom. The predicted octanol–water partition coefficient (Wildman–Crippen LogP) is 0.886. The lowest BCUT2D eigenvalue weighted by Gasteiger charge is -2.19. The summed E-state index contributed by atoms with van der Waals surface area (Å²) in [7, 11) is 0. The minimum absolute atomic E-state index is 0.0173. The van der Waals surface area contributed by atoms with E-state index >= 15 is 0 Å². The molecule has 0 aliphatic carbocycles. The number of nitrogens with zero attached hydrogens (tertiary/aromatic N) is 2. The van der Waals surface area contributed by atoms with E-state index in [0.717, 1.165) is 6.07 Å². The molecule has 0 fully saturated rings. The van der Waals surface area contributed by atoms with Crippen molar-refractivity contribution < 1.29 is 15.3 Å². The van der Waals surface area contributed by atoms with Gasteiger partial charge in [0.2, 0.25) is 11.7 Å². The summed E-state index contributed by atoms with van der Waals surface area (Å²) < 4.78 is 0. The fourth-order valence-corrected chi connectivity index (χ4v) is 1.90. The van der Waals surface area contributed by atoms with Crippen LogP contribution in [0.25, 0.3) is 10.9 Å². The molecule has 102 valence electrons. The third-order valence-corrected chi connectivity index (χ3v) is 2.98. The molecule has 1 heterocycles. The van der Waals surface area contributed by atoms with Gasteiger partial charge in [-0.3, -0.25) is 9.78 Å². The molecule has 7 heteroatoms. The molecular weight excluding hydrogens is 250 g/mol. The standard InChI is InChI=1S/C12H15N3O4/c1-3-15(4-2)12-13-8-6(11(19)14-12)5-7(16)9(17)10(8)18/h5,16-18H,3-4H2,1-2H3,(H,13,14,19). The van der Waals surface area contributed by atoms with Gasteiger partial charge in [-0.15, -0.1) is 0 Å². The van der Waals surface area contributed by atoms with Crippen LogP contribution in [0.1, 0.15) is 13.8 Å². The zero-order chi connectivity index (χ0) is 14.2. The Kier molecular flexibility index (Phi) is 3.20. The van der Waals surface area contributed by atoms with E-state index in [-0.39, 0.29) is 10.9 Å². The van der Waals surface area contributed by atoms with Gasteiger partial charge in [0.15, 0.2) is 11.5 Å². The zero-order valence-electron chi connectivity index (χ0n) is 10.6. The van der Waals surface area contributed by atoms with Gasteiger partial charge in [-0.25, -0.2) is 4.98 Å². The van der Waals surface area contributed by atoms with Gasteiger partial charge in [0.05, 0.1) is 5.39 Å². The van der Waals surface area contributed by atoms with Crippen molar-refractivity contribution in [2.45, 2.75) is 13.8 Å². The van der Waals surface area contributed by atoms with Crippen LogP contribution in [0.2, 0.25) is 0 Å². The van der Waals surface area contributed by atoms with Crippen molar-refractivity contribution in [3.8, 4) is 17.2 Å². The third-order valence-electron chi connectivity index (χ3n) is 2.98. The number of phenols is 3. The second-order valence-corrected chi connectivity index (χ2v) is 4.05. The van der Waals surface area contributed by atoms with Crippen LogP contribution in [0.5, 0.6) is 17.2 Å². The molecule has 0 aliphatic heterocycles. The smallest absolute Gasteiger partial charge is 0.260 e. The van der Waals surface area contributed by atoms with Crippen LogP contribution in [-0.2, 0) is 0 Å². The Morgan fingerprint density at radius 1 is 1.21 bits per heavy atom. The SMILES string of the molecule is CCN(CC)c1nc2c(O)c(O)c(O)cc2c(=O)[nH]1. The van der Waals surface area contributed by atoms with Gasteiger partial charge in [0.1, 0.15) is 5.52 Å². The van der Waals surface area contributed by atoms with Gasteiger partial charge >= 0.3 is 0 Å². The maximum absolute atomic E-state index is 11.9. The molecule has 0 saturated heterocycles. The van der Waals surface area contributed by atoms with Gasteiger partial charge in [-0.2, -0.15) is 0 Å². The molecule has 0 saturated carbocycles. The third kappa shape index (κ3) is 2.03. The van der Waals surface area contributed by atoms with E-state index in [9.17, 15) is 20.1 Å². The number of aromatic nitrogens is 2. The first-order valence-corrected chi connectivity index (χ1v) is 5.92. The molecular formula is C12H15N3O4. The lowest BCUT2D eigenvalue weighted by Crippen LogP contribution is -2.26. The van der Waals surface area contributed by atoms with Crippen LogP contribution in [0.3, 0.4) is 0 Å². The molecule has 2 rings (SSSR count). The minimum atomic E-state index is -0.684. The number of anilines is 1. The van der Waals surface area contributed by atoms with Crippen LogP contribution < -0.4 is 10.5 Å². The molecule has 2 aromatic rings. The van der Waals surface area contributed by atoms with Crippen LogP contribution in [0.4, 0.5) is 5.95 Å². The molecule has 0 spiro atoms. The van der Waals surface area contributed by atoms with Crippen molar-refractivity contribution in [2.24, 2.45) is 0 Å². The highest BCUT2D eigenvalue weighted by molar-refractivity contribution is 5.89. The number of phenolic OH excluding ortho intramolecular Hbond substituents is 3. The van der Waals surface area contributed by atoms with E-state index in [1.54, 1.807) is 4.90 Å². The highest BCUT2D eigenvalue weighted by Gasteiger charge is 2.17. The molecule has 0 aliphatic rings. The van der Waals surface area contributed by atoms with Crippen LogP contribution in [0, 0.1) is 0 Å². The van der Waals surface area contributed by atoms with Gasteiger partial charge in [-0.05, 0) is 19.9 Å². The van der Waals surface area contributed by atoms with Crippen LogP contribution in [0.15, 0.2) is 10.9 Å². The minimum Gasteiger partial charge on any atom is -0.504 e. The predicted molar refractivity (Wildman–Crippen MR) is 70.9 cm³/mol. The number of hydrogen-bond donors (Lipinski definition) is 4. The molecule has 0 amide bonds. The number of benzene rings is 1. The maximum atomic E-state index is 11.9. The summed E-state index contributed by atoms with van der Waals surface area (Å²) in [5.41, 5.74) is -0.529. The molecule has 0 bridgehead atoms.